The van der Waals surface area contributed by atoms with Gasteiger partial charge in [0.05, 0.1) is 12.2 Å². The summed E-state index contributed by atoms with van der Waals surface area (Å²) in [5.74, 6) is 2.80. The number of carbonyl (C=O) groups is 1. The summed E-state index contributed by atoms with van der Waals surface area (Å²) in [5.41, 5.74) is 5.27. The molecule has 2 N–H and O–H groups in total. The fraction of sp³-hybridized carbons (Fsp3) is 0.800. The van der Waals surface area contributed by atoms with Crippen molar-refractivity contribution in [1.82, 2.24) is 0 Å². The third-order valence-corrected chi connectivity index (χ3v) is 3.45. The summed E-state index contributed by atoms with van der Waals surface area (Å²) < 4.78 is 11.4. The molecule has 4 atom stereocenters. The van der Waals surface area contributed by atoms with Crippen LogP contribution >= 0.6 is 0 Å². The van der Waals surface area contributed by atoms with Crippen LogP contribution in [0.15, 0.2) is 0 Å². The Hall–Kier alpha value is -1.05. The van der Waals surface area contributed by atoms with Gasteiger partial charge in [-0.15, -0.1) is 6.42 Å². The fourth-order valence-corrected chi connectivity index (χ4v) is 2.71. The lowest BCUT2D eigenvalue weighted by Gasteiger charge is -2.31. The number of hydrogen-bond acceptors (Lipinski definition) is 4. The minimum Gasteiger partial charge on any atom is -0.457 e. The molecule has 1 aliphatic heterocycles. The van der Waals surface area contributed by atoms with E-state index in [0.717, 1.165) is 6.42 Å². The van der Waals surface area contributed by atoms with Gasteiger partial charge in [0, 0.05) is 6.92 Å². The van der Waals surface area contributed by atoms with Gasteiger partial charge in [0.15, 0.2) is 6.10 Å². The largest absolute Gasteiger partial charge is 0.457 e. The molecule has 108 valence electrons. The number of rotatable bonds is 4. The van der Waals surface area contributed by atoms with Crippen molar-refractivity contribution in [3.63, 3.8) is 0 Å². The van der Waals surface area contributed by atoms with Gasteiger partial charge in [-0.25, -0.2) is 0 Å². The van der Waals surface area contributed by atoms with Gasteiger partial charge in [0.1, 0.15) is 5.54 Å². The predicted octanol–water partition coefficient (Wildman–Crippen LogP) is 1.72. The zero-order valence-corrected chi connectivity index (χ0v) is 12.5. The highest BCUT2D eigenvalue weighted by Gasteiger charge is 2.56. The van der Waals surface area contributed by atoms with E-state index in [9.17, 15) is 4.79 Å². The van der Waals surface area contributed by atoms with Crippen LogP contribution in [0.25, 0.3) is 0 Å². The maximum Gasteiger partial charge on any atom is 0.303 e. The summed E-state index contributed by atoms with van der Waals surface area (Å²) in [5, 5.41) is 0. The second kappa shape index (κ2) is 5.94. The topological polar surface area (TPSA) is 61.5 Å². The number of terminal acetylenes is 1. The quantitative estimate of drug-likeness (QED) is 0.622. The summed E-state index contributed by atoms with van der Waals surface area (Å²) >= 11 is 0. The molecule has 4 heteroatoms. The van der Waals surface area contributed by atoms with E-state index in [1.54, 1.807) is 0 Å². The molecule has 4 nitrogen and oxygen atoms in total. The third kappa shape index (κ3) is 3.29. The Bertz CT molecular complexity index is 372. The molecule has 0 unspecified atom stereocenters. The normalized spacial score (nSPS) is 34.6. The van der Waals surface area contributed by atoms with Gasteiger partial charge in [-0.3, -0.25) is 4.79 Å². The molecule has 0 radical (unpaired) electrons. The first-order valence-electron chi connectivity index (χ1n) is 6.81. The molecule has 19 heavy (non-hydrogen) atoms. The van der Waals surface area contributed by atoms with Crippen LogP contribution in [0.5, 0.6) is 0 Å². The van der Waals surface area contributed by atoms with Gasteiger partial charge in [0.25, 0.3) is 0 Å². The second-order valence-electron chi connectivity index (χ2n) is 6.08. The van der Waals surface area contributed by atoms with Crippen LogP contribution < -0.4 is 5.73 Å². The molecular weight excluding hydrogens is 242 g/mol. The van der Waals surface area contributed by atoms with Gasteiger partial charge in [-0.05, 0) is 18.3 Å². The molecule has 1 aliphatic rings. The summed E-state index contributed by atoms with van der Waals surface area (Å²) in [7, 11) is 0. The van der Waals surface area contributed by atoms with E-state index in [1.807, 2.05) is 13.8 Å². The molecule has 0 bridgehead atoms. The maximum atomic E-state index is 11.3. The molecule has 0 aromatic carbocycles. The van der Waals surface area contributed by atoms with Gasteiger partial charge >= 0.3 is 5.97 Å². The monoisotopic (exact) mass is 267 g/mol. The van der Waals surface area contributed by atoms with Crippen molar-refractivity contribution in [2.45, 2.75) is 64.9 Å². The van der Waals surface area contributed by atoms with Crippen molar-refractivity contribution in [2.24, 2.45) is 17.6 Å². The number of esters is 1. The van der Waals surface area contributed by atoms with E-state index in [0.29, 0.717) is 5.92 Å². The number of carbonyl (C=O) groups excluding carboxylic acids is 1. The van der Waals surface area contributed by atoms with E-state index in [-0.39, 0.29) is 24.1 Å². The average molecular weight is 267 g/mol. The van der Waals surface area contributed by atoms with Gasteiger partial charge < -0.3 is 15.2 Å². The van der Waals surface area contributed by atoms with Crippen LogP contribution in [-0.4, -0.2) is 29.8 Å². The standard InChI is InChI=1S/C15H25NO3/c1-7-15(16)13(10(4)5)19-12(8-9(2)3)14(15)18-11(6)17/h1,9-10,12-14H,8,16H2,2-6H3/t12-,13+,14-,15+/m1/s1. The molecule has 1 saturated heterocycles. The molecule has 0 aromatic rings. The smallest absolute Gasteiger partial charge is 0.303 e. The fourth-order valence-electron chi connectivity index (χ4n) is 2.71. The Balaban J connectivity index is 3.07. The Morgan fingerprint density at radius 2 is 2.05 bits per heavy atom. The van der Waals surface area contributed by atoms with Crippen LogP contribution in [0, 0.1) is 24.2 Å². The highest BCUT2D eigenvalue weighted by Crippen LogP contribution is 2.37. The lowest BCUT2D eigenvalue weighted by atomic mass is 9.82. The summed E-state index contributed by atoms with van der Waals surface area (Å²) in [6.45, 7) is 9.56. The van der Waals surface area contributed by atoms with Crippen molar-refractivity contribution in [1.29, 1.82) is 0 Å². The van der Waals surface area contributed by atoms with Crippen LogP contribution in [-0.2, 0) is 14.3 Å². The van der Waals surface area contributed by atoms with Gasteiger partial charge in [-0.1, -0.05) is 33.6 Å². The average Bonchev–Trinajstić information content (AvgIpc) is 2.53. The Kier molecular flexibility index (Phi) is 5.00. The molecule has 0 spiro atoms. The minimum absolute atomic E-state index is 0.163. The SMILES string of the molecule is C#C[C@@]1(N)[C@H](OC(C)=O)[C@@H](CC(C)C)O[C@H]1C(C)C. The molecule has 0 aromatic heterocycles. The Morgan fingerprint density at radius 3 is 2.42 bits per heavy atom. The molecule has 0 amide bonds. The maximum absolute atomic E-state index is 11.3. The summed E-state index contributed by atoms with van der Waals surface area (Å²) in [6, 6.07) is 0. The van der Waals surface area contributed by atoms with Gasteiger partial charge in [-0.2, -0.15) is 0 Å². The first kappa shape index (κ1) is 16.0. The Morgan fingerprint density at radius 1 is 1.47 bits per heavy atom. The van der Waals surface area contributed by atoms with E-state index < -0.39 is 11.6 Å². The number of ether oxygens (including phenoxy) is 2. The second-order valence-corrected chi connectivity index (χ2v) is 6.08. The van der Waals surface area contributed by atoms with Crippen molar-refractivity contribution in [3.8, 4) is 12.3 Å². The molecule has 0 aliphatic carbocycles. The van der Waals surface area contributed by atoms with E-state index in [2.05, 4.69) is 19.8 Å². The first-order valence-corrected chi connectivity index (χ1v) is 6.81. The van der Waals surface area contributed by atoms with Crippen LogP contribution in [0.4, 0.5) is 0 Å². The third-order valence-electron chi connectivity index (χ3n) is 3.45. The minimum atomic E-state index is -1.06. The first-order chi connectivity index (χ1) is 8.72. The summed E-state index contributed by atoms with van der Waals surface area (Å²) in [6.07, 6.45) is 5.26. The lowest BCUT2D eigenvalue weighted by molar-refractivity contribution is -0.150. The highest BCUT2D eigenvalue weighted by molar-refractivity contribution is 5.66. The highest BCUT2D eigenvalue weighted by atomic mass is 16.6. The van der Waals surface area contributed by atoms with Crippen LogP contribution in [0.1, 0.15) is 41.0 Å². The molecular formula is C15H25NO3. The van der Waals surface area contributed by atoms with Crippen molar-refractivity contribution in [3.05, 3.63) is 0 Å². The molecule has 1 heterocycles. The molecule has 1 rings (SSSR count). The van der Waals surface area contributed by atoms with Crippen LogP contribution in [0.2, 0.25) is 0 Å². The zero-order valence-electron chi connectivity index (χ0n) is 12.5. The number of hydrogen-bond donors (Lipinski definition) is 1. The lowest BCUT2D eigenvalue weighted by Crippen LogP contribution is -2.57. The van der Waals surface area contributed by atoms with Gasteiger partial charge in [0.2, 0.25) is 0 Å². The van der Waals surface area contributed by atoms with Crippen LogP contribution in [0.3, 0.4) is 0 Å². The van der Waals surface area contributed by atoms with Crippen molar-refractivity contribution < 1.29 is 14.3 Å². The van der Waals surface area contributed by atoms with E-state index in [4.69, 9.17) is 21.6 Å². The van der Waals surface area contributed by atoms with Crippen molar-refractivity contribution >= 4 is 5.97 Å². The Labute approximate surface area is 116 Å². The molecule has 1 fully saturated rings. The van der Waals surface area contributed by atoms with E-state index in [1.165, 1.54) is 6.92 Å². The number of nitrogens with two attached hydrogens (primary N) is 1. The summed E-state index contributed by atoms with van der Waals surface area (Å²) in [4.78, 5) is 11.3. The van der Waals surface area contributed by atoms with Crippen molar-refractivity contribution in [2.75, 3.05) is 0 Å². The molecule has 0 saturated carbocycles. The van der Waals surface area contributed by atoms with E-state index >= 15 is 0 Å². The predicted molar refractivity (Wildman–Crippen MR) is 74.3 cm³/mol. The zero-order chi connectivity index (χ0) is 14.8.